The zero-order valence-electron chi connectivity index (χ0n) is 13.8. The van der Waals surface area contributed by atoms with E-state index in [1.54, 1.807) is 30.5 Å². The Morgan fingerprint density at radius 2 is 1.96 bits per heavy atom. The quantitative estimate of drug-likeness (QED) is 0.363. The van der Waals surface area contributed by atoms with E-state index < -0.39 is 14.9 Å². The molecule has 0 atom stereocenters. The average Bonchev–Trinajstić information content (AvgIpc) is 3.06. The molecular weight excluding hydrogens is 376 g/mol. The van der Waals surface area contributed by atoms with Crippen LogP contribution in [0.25, 0.3) is 10.8 Å². The van der Waals surface area contributed by atoms with Crippen molar-refractivity contribution in [2.75, 3.05) is 18.4 Å². The average molecular weight is 392 g/mol. The maximum absolute atomic E-state index is 12.2. The van der Waals surface area contributed by atoms with Crippen LogP contribution in [0.4, 0.5) is 11.4 Å². The summed E-state index contributed by atoms with van der Waals surface area (Å²) in [6.45, 7) is 2.36. The second-order valence-electron chi connectivity index (χ2n) is 5.50. The van der Waals surface area contributed by atoms with Crippen molar-refractivity contribution in [3.05, 3.63) is 57.7 Å². The number of nitrogens with zero attached hydrogens (tertiary/aromatic N) is 2. The summed E-state index contributed by atoms with van der Waals surface area (Å²) in [5, 5.41) is 15.3. The van der Waals surface area contributed by atoms with E-state index in [9.17, 15) is 18.5 Å². The fourth-order valence-corrected chi connectivity index (χ4v) is 4.86. The van der Waals surface area contributed by atoms with E-state index >= 15 is 0 Å². The third kappa shape index (κ3) is 3.82. The number of rotatable bonds is 7. The van der Waals surface area contributed by atoms with Gasteiger partial charge in [-0.3, -0.25) is 15.1 Å². The molecule has 8 nitrogen and oxygen atoms in total. The maximum Gasteiger partial charge on any atom is 0.278 e. The van der Waals surface area contributed by atoms with Crippen molar-refractivity contribution in [1.82, 2.24) is 9.71 Å². The first kappa shape index (κ1) is 18.2. The zero-order chi connectivity index (χ0) is 18.7. The molecule has 3 rings (SSSR count). The number of hydrogen-bond acceptors (Lipinski definition) is 7. The molecule has 2 N–H and O–H groups in total. The fraction of sp³-hybridized carbons (Fsp3) is 0.188. The van der Waals surface area contributed by atoms with E-state index in [2.05, 4.69) is 15.0 Å². The van der Waals surface area contributed by atoms with Gasteiger partial charge in [0.2, 0.25) is 10.0 Å². The number of hydrogen-bond donors (Lipinski definition) is 2. The number of aromatic nitrogens is 1. The van der Waals surface area contributed by atoms with Gasteiger partial charge in [0.25, 0.3) is 5.69 Å². The van der Waals surface area contributed by atoms with E-state index in [4.69, 9.17) is 0 Å². The van der Waals surface area contributed by atoms with Crippen LogP contribution in [-0.2, 0) is 10.0 Å². The summed E-state index contributed by atoms with van der Waals surface area (Å²) in [6, 6.07) is 8.03. The Morgan fingerprint density at radius 3 is 2.65 bits per heavy atom. The normalized spacial score (nSPS) is 11.6. The topological polar surface area (TPSA) is 114 Å². The summed E-state index contributed by atoms with van der Waals surface area (Å²) in [4.78, 5) is 15.5. The molecule has 0 aliphatic rings. The molecule has 0 spiro atoms. The van der Waals surface area contributed by atoms with Gasteiger partial charge in [-0.1, -0.05) is 0 Å². The Balaban J connectivity index is 1.69. The van der Waals surface area contributed by atoms with E-state index in [0.717, 1.165) is 4.88 Å². The SMILES string of the molecule is Cc1ccc(S(=O)(=O)NCCNc2ccc([N+](=O)[O-])c3cnccc23)s1. The molecule has 0 bridgehead atoms. The van der Waals surface area contributed by atoms with Crippen LogP contribution in [0.1, 0.15) is 4.88 Å². The van der Waals surface area contributed by atoms with Crippen LogP contribution in [0.2, 0.25) is 0 Å². The minimum atomic E-state index is -3.53. The summed E-state index contributed by atoms with van der Waals surface area (Å²) < 4.78 is 27.2. The van der Waals surface area contributed by atoms with Gasteiger partial charge < -0.3 is 5.32 Å². The first-order valence-corrected chi connectivity index (χ1v) is 9.99. The lowest BCUT2D eigenvalue weighted by atomic mass is 10.1. The molecule has 0 amide bonds. The van der Waals surface area contributed by atoms with Gasteiger partial charge in [-0.25, -0.2) is 13.1 Å². The molecule has 10 heteroatoms. The van der Waals surface area contributed by atoms with Crippen molar-refractivity contribution in [3.63, 3.8) is 0 Å². The number of thiophene rings is 1. The zero-order valence-corrected chi connectivity index (χ0v) is 15.4. The Kier molecular flexibility index (Phi) is 5.16. The number of fused-ring (bicyclic) bond motifs is 1. The largest absolute Gasteiger partial charge is 0.383 e. The van der Waals surface area contributed by atoms with Crippen molar-refractivity contribution in [2.45, 2.75) is 11.1 Å². The minimum absolute atomic E-state index is 0.0209. The number of nitro groups is 1. The lowest BCUT2D eigenvalue weighted by Gasteiger charge is -2.10. The number of pyridine rings is 1. The summed E-state index contributed by atoms with van der Waals surface area (Å²) in [7, 11) is -3.53. The van der Waals surface area contributed by atoms with Crippen LogP contribution < -0.4 is 10.0 Å². The van der Waals surface area contributed by atoms with Crippen LogP contribution in [0.5, 0.6) is 0 Å². The molecule has 26 heavy (non-hydrogen) atoms. The highest BCUT2D eigenvalue weighted by Crippen LogP contribution is 2.30. The van der Waals surface area contributed by atoms with Crippen molar-refractivity contribution in [2.24, 2.45) is 0 Å². The van der Waals surface area contributed by atoms with Crippen molar-refractivity contribution in [1.29, 1.82) is 0 Å². The predicted octanol–water partition coefficient (Wildman–Crippen LogP) is 2.90. The highest BCUT2D eigenvalue weighted by molar-refractivity contribution is 7.91. The van der Waals surface area contributed by atoms with E-state index in [-0.39, 0.29) is 16.4 Å². The molecule has 0 aliphatic carbocycles. The van der Waals surface area contributed by atoms with E-state index in [0.29, 0.717) is 23.0 Å². The molecule has 0 saturated heterocycles. The maximum atomic E-state index is 12.2. The Hall–Kier alpha value is -2.56. The van der Waals surface area contributed by atoms with Crippen molar-refractivity contribution >= 4 is 43.5 Å². The first-order valence-electron chi connectivity index (χ1n) is 7.69. The van der Waals surface area contributed by atoms with Gasteiger partial charge >= 0.3 is 0 Å². The third-order valence-corrected chi connectivity index (χ3v) is 6.66. The minimum Gasteiger partial charge on any atom is -0.383 e. The molecule has 0 unspecified atom stereocenters. The lowest BCUT2D eigenvalue weighted by molar-refractivity contribution is -0.383. The van der Waals surface area contributed by atoms with Crippen LogP contribution in [0, 0.1) is 17.0 Å². The number of nitrogens with one attached hydrogen (secondary N) is 2. The predicted molar refractivity (Wildman–Crippen MR) is 101 cm³/mol. The number of anilines is 1. The van der Waals surface area contributed by atoms with Gasteiger partial charge in [0.15, 0.2) is 0 Å². The standard InChI is InChI=1S/C16H16N4O4S2/c1-11-2-5-16(25-11)26(23,24)19-9-8-18-14-3-4-15(20(21)22)13-10-17-7-6-12(13)14/h2-7,10,18-19H,8-9H2,1H3. The van der Waals surface area contributed by atoms with E-state index in [1.165, 1.54) is 23.6 Å². The van der Waals surface area contributed by atoms with Gasteiger partial charge in [0.1, 0.15) is 4.21 Å². The molecule has 0 radical (unpaired) electrons. The summed E-state index contributed by atoms with van der Waals surface area (Å²) in [6.07, 6.45) is 3.00. The van der Waals surface area contributed by atoms with Crippen LogP contribution in [0.15, 0.2) is 46.9 Å². The Morgan fingerprint density at radius 1 is 1.15 bits per heavy atom. The molecular formula is C16H16N4O4S2. The van der Waals surface area contributed by atoms with Crippen LogP contribution in [-0.4, -0.2) is 31.4 Å². The first-order chi connectivity index (χ1) is 12.4. The second kappa shape index (κ2) is 7.36. The molecule has 136 valence electrons. The molecule has 0 fully saturated rings. The molecule has 2 heterocycles. The third-order valence-electron chi connectivity index (χ3n) is 3.70. The lowest BCUT2D eigenvalue weighted by Crippen LogP contribution is -2.28. The van der Waals surface area contributed by atoms with Gasteiger partial charge in [0, 0.05) is 47.5 Å². The molecule has 2 aromatic heterocycles. The number of nitro benzene ring substituents is 1. The van der Waals surface area contributed by atoms with Crippen LogP contribution >= 0.6 is 11.3 Å². The number of benzene rings is 1. The molecule has 1 aromatic carbocycles. The monoisotopic (exact) mass is 392 g/mol. The van der Waals surface area contributed by atoms with Crippen molar-refractivity contribution < 1.29 is 13.3 Å². The van der Waals surface area contributed by atoms with Crippen LogP contribution in [0.3, 0.4) is 0 Å². The highest BCUT2D eigenvalue weighted by atomic mass is 32.2. The fourth-order valence-electron chi connectivity index (χ4n) is 2.50. The summed E-state index contributed by atoms with van der Waals surface area (Å²) in [5.74, 6) is 0. The van der Waals surface area contributed by atoms with Gasteiger partial charge in [-0.05, 0) is 31.2 Å². The Labute approximate surface area is 154 Å². The highest BCUT2D eigenvalue weighted by Gasteiger charge is 2.16. The van der Waals surface area contributed by atoms with Gasteiger partial charge in [-0.2, -0.15) is 0 Å². The molecule has 0 aliphatic heterocycles. The van der Waals surface area contributed by atoms with E-state index in [1.807, 2.05) is 6.92 Å². The molecule has 0 saturated carbocycles. The van der Waals surface area contributed by atoms with Gasteiger partial charge in [0.05, 0.1) is 10.3 Å². The summed E-state index contributed by atoms with van der Waals surface area (Å²) >= 11 is 1.21. The molecule has 3 aromatic rings. The number of aryl methyl sites for hydroxylation is 1. The Bertz CT molecular complexity index is 1060. The smallest absolute Gasteiger partial charge is 0.278 e. The number of sulfonamides is 1. The number of non-ortho nitro benzene ring substituents is 1. The van der Waals surface area contributed by atoms with Crippen molar-refractivity contribution in [3.8, 4) is 0 Å². The van der Waals surface area contributed by atoms with Gasteiger partial charge in [-0.15, -0.1) is 11.3 Å². The second-order valence-corrected chi connectivity index (χ2v) is 8.78. The summed E-state index contributed by atoms with van der Waals surface area (Å²) in [5.41, 5.74) is 0.659.